The summed E-state index contributed by atoms with van der Waals surface area (Å²) in [6.45, 7) is 8.19. The quantitative estimate of drug-likeness (QED) is 0.645. The second-order valence-corrected chi connectivity index (χ2v) is 7.26. The summed E-state index contributed by atoms with van der Waals surface area (Å²) < 4.78 is 21.2. The minimum absolute atomic E-state index is 0.0965. The average Bonchev–Trinajstić information content (AvgIpc) is 2.87. The number of halogens is 1. The summed E-state index contributed by atoms with van der Waals surface area (Å²) in [6, 6.07) is -0.702. The Bertz CT molecular complexity index is 658. The minimum Gasteiger partial charge on any atom is -0.444 e. The van der Waals surface area contributed by atoms with Gasteiger partial charge in [0.1, 0.15) is 18.0 Å². The Morgan fingerprint density at radius 3 is 2.69 bits per heavy atom. The van der Waals surface area contributed by atoms with Crippen LogP contribution >= 0.6 is 0 Å². The first-order chi connectivity index (χ1) is 12.1. The molecule has 1 fully saturated rings. The number of nitrogens with one attached hydrogen (secondary N) is 1. The molecule has 0 spiro atoms. The molecular formula is C16H26FN5O4. The van der Waals surface area contributed by atoms with E-state index in [0.29, 0.717) is 31.9 Å². The number of amides is 1. The van der Waals surface area contributed by atoms with E-state index in [1.54, 1.807) is 25.7 Å². The number of hydrogen-bond donors (Lipinski definition) is 1. The van der Waals surface area contributed by atoms with E-state index in [2.05, 4.69) is 10.4 Å². The SMILES string of the molecule is CCn1ncc([N+](=O)[O-])c1N1CC[C@H](NC(=O)OC(C)(C)C)[C@@H](F)CC1. The van der Waals surface area contributed by atoms with Crippen molar-refractivity contribution >= 4 is 17.6 Å². The number of nitrogens with zero attached hydrogens (tertiary/aromatic N) is 4. The number of alkyl halides is 1. The molecule has 1 aliphatic heterocycles. The van der Waals surface area contributed by atoms with Crippen LogP contribution in [0.3, 0.4) is 0 Å². The smallest absolute Gasteiger partial charge is 0.407 e. The first-order valence-corrected chi connectivity index (χ1v) is 8.71. The van der Waals surface area contributed by atoms with Crippen LogP contribution < -0.4 is 10.2 Å². The van der Waals surface area contributed by atoms with E-state index in [4.69, 9.17) is 4.74 Å². The van der Waals surface area contributed by atoms with E-state index in [1.165, 1.54) is 10.9 Å². The van der Waals surface area contributed by atoms with Crippen molar-refractivity contribution in [2.75, 3.05) is 18.0 Å². The van der Waals surface area contributed by atoms with Gasteiger partial charge in [0, 0.05) is 19.6 Å². The molecule has 146 valence electrons. The fraction of sp³-hybridized carbons (Fsp3) is 0.750. The molecule has 9 nitrogen and oxygen atoms in total. The van der Waals surface area contributed by atoms with Gasteiger partial charge in [-0.05, 0) is 40.5 Å². The molecule has 1 amide bonds. The van der Waals surface area contributed by atoms with Gasteiger partial charge in [0.2, 0.25) is 5.82 Å². The molecule has 0 bridgehead atoms. The van der Waals surface area contributed by atoms with Crippen LogP contribution in [0.2, 0.25) is 0 Å². The van der Waals surface area contributed by atoms with E-state index in [0.717, 1.165) is 0 Å². The van der Waals surface area contributed by atoms with Crippen molar-refractivity contribution < 1.29 is 18.8 Å². The molecule has 0 radical (unpaired) electrons. The van der Waals surface area contributed by atoms with Gasteiger partial charge in [-0.25, -0.2) is 13.9 Å². The molecule has 2 heterocycles. The highest BCUT2D eigenvalue weighted by Gasteiger charge is 2.33. The van der Waals surface area contributed by atoms with E-state index >= 15 is 0 Å². The number of carbonyl (C=O) groups is 1. The van der Waals surface area contributed by atoms with Crippen molar-refractivity contribution in [2.24, 2.45) is 0 Å². The largest absolute Gasteiger partial charge is 0.444 e. The molecule has 0 unspecified atom stereocenters. The van der Waals surface area contributed by atoms with Crippen LogP contribution in [0.1, 0.15) is 40.5 Å². The normalized spacial score (nSPS) is 21.2. The third kappa shape index (κ3) is 4.83. The van der Waals surface area contributed by atoms with Gasteiger partial charge in [0.15, 0.2) is 0 Å². The van der Waals surface area contributed by atoms with Crippen molar-refractivity contribution in [1.82, 2.24) is 15.1 Å². The monoisotopic (exact) mass is 371 g/mol. The number of carbonyl (C=O) groups excluding carboxylic acids is 1. The number of hydrogen-bond acceptors (Lipinski definition) is 6. The van der Waals surface area contributed by atoms with Crippen LogP contribution in [0, 0.1) is 10.1 Å². The van der Waals surface area contributed by atoms with Gasteiger partial charge in [0.05, 0.1) is 11.0 Å². The number of rotatable bonds is 4. The van der Waals surface area contributed by atoms with Crippen LogP contribution in [-0.2, 0) is 11.3 Å². The Kier molecular flexibility index (Phi) is 6.04. The summed E-state index contributed by atoms with van der Waals surface area (Å²) in [7, 11) is 0. The Morgan fingerprint density at radius 1 is 1.46 bits per heavy atom. The molecular weight excluding hydrogens is 345 g/mol. The predicted molar refractivity (Wildman–Crippen MR) is 94.1 cm³/mol. The second kappa shape index (κ2) is 7.88. The second-order valence-electron chi connectivity index (χ2n) is 7.26. The average molecular weight is 371 g/mol. The summed E-state index contributed by atoms with van der Waals surface area (Å²) in [4.78, 5) is 24.5. The number of ether oxygens (including phenoxy) is 1. The molecule has 1 saturated heterocycles. The van der Waals surface area contributed by atoms with Crippen molar-refractivity contribution in [3.63, 3.8) is 0 Å². The van der Waals surface area contributed by atoms with Gasteiger partial charge in [-0.15, -0.1) is 0 Å². The lowest BCUT2D eigenvalue weighted by Gasteiger charge is -2.24. The lowest BCUT2D eigenvalue weighted by atomic mass is 10.1. The lowest BCUT2D eigenvalue weighted by Crippen LogP contribution is -2.44. The summed E-state index contributed by atoms with van der Waals surface area (Å²) >= 11 is 0. The van der Waals surface area contributed by atoms with Crippen LogP contribution in [-0.4, -0.2) is 51.7 Å². The summed E-state index contributed by atoms with van der Waals surface area (Å²) in [6.07, 6.45) is -0.251. The molecule has 2 atom stereocenters. The number of aromatic nitrogens is 2. The zero-order chi connectivity index (χ0) is 19.5. The van der Waals surface area contributed by atoms with Crippen molar-refractivity contribution in [3.8, 4) is 0 Å². The Morgan fingerprint density at radius 2 is 2.12 bits per heavy atom. The molecule has 26 heavy (non-hydrogen) atoms. The molecule has 2 rings (SSSR count). The molecule has 1 aliphatic rings. The van der Waals surface area contributed by atoms with Crippen molar-refractivity contribution in [1.29, 1.82) is 0 Å². The Hall–Kier alpha value is -2.39. The molecule has 1 aromatic heterocycles. The highest BCUT2D eigenvalue weighted by molar-refractivity contribution is 5.68. The van der Waals surface area contributed by atoms with Crippen LogP contribution in [0.15, 0.2) is 6.20 Å². The number of nitro groups is 1. The topological polar surface area (TPSA) is 103 Å². The molecule has 0 aliphatic carbocycles. The van der Waals surface area contributed by atoms with Gasteiger partial charge < -0.3 is 15.0 Å². The number of anilines is 1. The third-order valence-electron chi connectivity index (χ3n) is 4.11. The summed E-state index contributed by atoms with van der Waals surface area (Å²) in [5.41, 5.74) is -0.762. The fourth-order valence-electron chi connectivity index (χ4n) is 2.96. The van der Waals surface area contributed by atoms with Crippen molar-refractivity contribution in [2.45, 2.75) is 64.9 Å². The predicted octanol–water partition coefficient (Wildman–Crippen LogP) is 2.64. The maximum Gasteiger partial charge on any atom is 0.407 e. The van der Waals surface area contributed by atoms with E-state index in [-0.39, 0.29) is 12.1 Å². The van der Waals surface area contributed by atoms with Gasteiger partial charge >= 0.3 is 11.8 Å². The van der Waals surface area contributed by atoms with Crippen LogP contribution in [0.5, 0.6) is 0 Å². The third-order valence-corrected chi connectivity index (χ3v) is 4.11. The maximum absolute atomic E-state index is 14.5. The summed E-state index contributed by atoms with van der Waals surface area (Å²) in [5, 5.41) is 17.9. The van der Waals surface area contributed by atoms with Crippen LogP contribution in [0.4, 0.5) is 20.7 Å². The number of aryl methyl sites for hydroxylation is 1. The Balaban J connectivity index is 2.11. The first-order valence-electron chi connectivity index (χ1n) is 8.71. The fourth-order valence-corrected chi connectivity index (χ4v) is 2.96. The van der Waals surface area contributed by atoms with Gasteiger partial charge in [-0.3, -0.25) is 10.1 Å². The molecule has 1 N–H and O–H groups in total. The molecule has 0 aromatic carbocycles. The highest BCUT2D eigenvalue weighted by atomic mass is 19.1. The maximum atomic E-state index is 14.5. The van der Waals surface area contributed by atoms with E-state index < -0.39 is 28.8 Å². The van der Waals surface area contributed by atoms with Gasteiger partial charge in [-0.2, -0.15) is 5.10 Å². The minimum atomic E-state index is -1.26. The zero-order valence-corrected chi connectivity index (χ0v) is 15.6. The molecule has 10 heteroatoms. The first kappa shape index (κ1) is 19.9. The van der Waals surface area contributed by atoms with E-state index in [1.807, 2.05) is 6.92 Å². The molecule has 1 aromatic rings. The zero-order valence-electron chi connectivity index (χ0n) is 15.6. The Labute approximate surface area is 151 Å². The van der Waals surface area contributed by atoms with Gasteiger partial charge in [0.25, 0.3) is 0 Å². The van der Waals surface area contributed by atoms with Crippen molar-refractivity contribution in [3.05, 3.63) is 16.3 Å². The highest BCUT2D eigenvalue weighted by Crippen LogP contribution is 2.30. The molecule has 0 saturated carbocycles. The van der Waals surface area contributed by atoms with Gasteiger partial charge in [-0.1, -0.05) is 0 Å². The van der Waals surface area contributed by atoms with E-state index in [9.17, 15) is 19.3 Å². The summed E-state index contributed by atoms with van der Waals surface area (Å²) in [5.74, 6) is 0.377. The van der Waals surface area contributed by atoms with Crippen LogP contribution in [0.25, 0.3) is 0 Å². The lowest BCUT2D eigenvalue weighted by molar-refractivity contribution is -0.384. The number of alkyl carbamates (subject to hydrolysis) is 1. The standard InChI is InChI=1S/C16H26FN5O4/c1-5-21-14(13(10-18-21)22(24)25)20-8-6-11(17)12(7-9-20)19-15(23)26-16(2,3)4/h10-12H,5-9H2,1-4H3,(H,19,23)/t11-,12-/m0/s1.